The molecular formula is C25H25N5O3. The van der Waals surface area contributed by atoms with Crippen molar-refractivity contribution in [2.75, 3.05) is 37.9 Å². The van der Waals surface area contributed by atoms with E-state index in [9.17, 15) is 4.79 Å². The number of amides is 1. The summed E-state index contributed by atoms with van der Waals surface area (Å²) >= 11 is 0. The van der Waals surface area contributed by atoms with Gasteiger partial charge in [0.05, 0.1) is 24.4 Å². The first-order valence-corrected chi connectivity index (χ1v) is 10.5. The number of benzene rings is 2. The van der Waals surface area contributed by atoms with Crippen LogP contribution in [0, 0.1) is 12.3 Å². The summed E-state index contributed by atoms with van der Waals surface area (Å²) in [5.74, 6) is 3.47. The monoisotopic (exact) mass is 443 g/mol. The maximum Gasteiger partial charge on any atom is 0.249 e. The Bertz CT molecular complexity index is 1230. The molecule has 4 rings (SSSR count). The van der Waals surface area contributed by atoms with E-state index in [4.69, 9.17) is 15.9 Å². The summed E-state index contributed by atoms with van der Waals surface area (Å²) in [5.41, 5.74) is 2.76. The van der Waals surface area contributed by atoms with E-state index in [1.165, 1.54) is 12.4 Å². The molecule has 8 heteroatoms. The number of carbonyl (C=O) groups excluding carboxylic acids is 1. The maximum atomic E-state index is 12.5. The van der Waals surface area contributed by atoms with Crippen LogP contribution in [0.4, 0.5) is 17.2 Å². The molecule has 2 aromatic carbocycles. The number of nitrogens with zero attached hydrogens (tertiary/aromatic N) is 3. The van der Waals surface area contributed by atoms with Crippen molar-refractivity contribution in [3.05, 3.63) is 60.6 Å². The molecule has 0 saturated carbocycles. The Morgan fingerprint density at radius 1 is 1.30 bits per heavy atom. The smallest absolute Gasteiger partial charge is 0.249 e. The normalized spacial score (nSPS) is 15.4. The summed E-state index contributed by atoms with van der Waals surface area (Å²) in [4.78, 5) is 23.1. The summed E-state index contributed by atoms with van der Waals surface area (Å²) in [6.07, 6.45) is 10.8. The van der Waals surface area contributed by atoms with Gasteiger partial charge in [0.1, 0.15) is 24.0 Å². The van der Waals surface area contributed by atoms with Crippen molar-refractivity contribution in [3.8, 4) is 18.1 Å². The van der Waals surface area contributed by atoms with Crippen molar-refractivity contribution in [2.24, 2.45) is 0 Å². The fourth-order valence-corrected chi connectivity index (χ4v) is 3.38. The van der Waals surface area contributed by atoms with Crippen molar-refractivity contribution in [1.82, 2.24) is 14.9 Å². The Balaban J connectivity index is 1.71. The predicted octanol–water partition coefficient (Wildman–Crippen LogP) is 3.54. The van der Waals surface area contributed by atoms with Gasteiger partial charge in [-0.05, 0) is 24.3 Å². The molecule has 3 aromatic rings. The summed E-state index contributed by atoms with van der Waals surface area (Å²) < 4.78 is 11.6. The molecule has 33 heavy (non-hydrogen) atoms. The number of anilines is 3. The van der Waals surface area contributed by atoms with Gasteiger partial charge in [0.15, 0.2) is 0 Å². The van der Waals surface area contributed by atoms with Crippen LogP contribution in [-0.4, -0.2) is 54.2 Å². The molecule has 2 N–H and O–H groups in total. The number of rotatable bonds is 7. The molecule has 0 radical (unpaired) electrons. The number of fused-ring (bicyclic) bond motifs is 1. The Hall–Kier alpha value is -4.09. The molecule has 0 unspecified atom stereocenters. The van der Waals surface area contributed by atoms with Crippen LogP contribution < -0.4 is 15.4 Å². The van der Waals surface area contributed by atoms with Crippen molar-refractivity contribution < 1.29 is 14.3 Å². The number of hydrogen-bond acceptors (Lipinski definition) is 7. The van der Waals surface area contributed by atoms with Crippen LogP contribution in [0.2, 0.25) is 0 Å². The van der Waals surface area contributed by atoms with Gasteiger partial charge in [-0.2, -0.15) is 0 Å². The maximum absolute atomic E-state index is 12.5. The fourth-order valence-electron chi connectivity index (χ4n) is 3.38. The van der Waals surface area contributed by atoms with Crippen LogP contribution in [0.1, 0.15) is 12.0 Å². The zero-order valence-electron chi connectivity index (χ0n) is 18.5. The SMILES string of the molecule is C#Cc1cccc(Nc2ncnc3cc(O[C@H]4CCOC4)c(NC(=O)/C=C/N(C)C)cc23)c1. The zero-order valence-corrected chi connectivity index (χ0v) is 18.5. The molecule has 0 bridgehead atoms. The van der Waals surface area contributed by atoms with Gasteiger partial charge in [0, 0.05) is 55.5 Å². The van der Waals surface area contributed by atoms with Gasteiger partial charge in [0.2, 0.25) is 5.91 Å². The minimum absolute atomic E-state index is 0.0821. The third-order valence-corrected chi connectivity index (χ3v) is 4.99. The van der Waals surface area contributed by atoms with Gasteiger partial charge in [0.25, 0.3) is 0 Å². The zero-order chi connectivity index (χ0) is 23.2. The highest BCUT2D eigenvalue weighted by Crippen LogP contribution is 2.34. The highest BCUT2D eigenvalue weighted by molar-refractivity contribution is 6.03. The lowest BCUT2D eigenvalue weighted by Gasteiger charge is -2.17. The highest BCUT2D eigenvalue weighted by atomic mass is 16.5. The largest absolute Gasteiger partial charge is 0.486 e. The Kier molecular flexibility index (Phi) is 6.72. The Morgan fingerprint density at radius 2 is 2.18 bits per heavy atom. The number of terminal acetylenes is 1. The lowest BCUT2D eigenvalue weighted by molar-refractivity contribution is -0.112. The first-order valence-electron chi connectivity index (χ1n) is 10.5. The minimum Gasteiger partial charge on any atom is -0.486 e. The van der Waals surface area contributed by atoms with Crippen LogP contribution in [0.15, 0.2) is 55.0 Å². The molecule has 1 aliphatic rings. The first kappa shape index (κ1) is 22.1. The standard InChI is InChI=1S/C25H25N5O3/c1-4-17-6-5-7-18(12-17)28-25-20-13-22(29-24(31)8-10-30(2)3)23(14-21(20)26-16-27-25)33-19-9-11-32-15-19/h1,5-8,10,12-14,16,19H,9,11,15H2,2-3H3,(H,29,31)(H,26,27,28)/b10-8+/t19-/m0/s1. The van der Waals surface area contributed by atoms with Gasteiger partial charge in [-0.1, -0.05) is 12.0 Å². The van der Waals surface area contributed by atoms with Crippen molar-refractivity contribution in [2.45, 2.75) is 12.5 Å². The molecule has 0 spiro atoms. The lowest BCUT2D eigenvalue weighted by Crippen LogP contribution is -2.18. The van der Waals surface area contributed by atoms with E-state index in [0.717, 1.165) is 23.1 Å². The van der Waals surface area contributed by atoms with Gasteiger partial charge in [-0.3, -0.25) is 4.79 Å². The Labute approximate surface area is 192 Å². The summed E-state index contributed by atoms with van der Waals surface area (Å²) in [7, 11) is 3.69. The summed E-state index contributed by atoms with van der Waals surface area (Å²) in [6, 6.07) is 11.1. The topological polar surface area (TPSA) is 88.6 Å². The van der Waals surface area contributed by atoms with Crippen LogP contribution in [0.25, 0.3) is 10.9 Å². The first-order chi connectivity index (χ1) is 16.0. The van der Waals surface area contributed by atoms with Gasteiger partial charge in [-0.25, -0.2) is 9.97 Å². The average molecular weight is 444 g/mol. The molecule has 1 aliphatic heterocycles. The van der Waals surface area contributed by atoms with Crippen LogP contribution in [-0.2, 0) is 9.53 Å². The molecular weight excluding hydrogens is 418 g/mol. The highest BCUT2D eigenvalue weighted by Gasteiger charge is 2.20. The van der Waals surface area contributed by atoms with E-state index >= 15 is 0 Å². The second kappa shape index (κ2) is 10.0. The molecule has 2 heterocycles. The molecule has 168 valence electrons. The molecule has 1 fully saturated rings. The van der Waals surface area contributed by atoms with Gasteiger partial charge < -0.3 is 25.0 Å². The molecule has 8 nitrogen and oxygen atoms in total. The van der Waals surface area contributed by atoms with Crippen molar-refractivity contribution in [3.63, 3.8) is 0 Å². The molecule has 1 aromatic heterocycles. The minimum atomic E-state index is -0.274. The number of nitrogens with one attached hydrogen (secondary N) is 2. The van der Waals surface area contributed by atoms with Crippen LogP contribution >= 0.6 is 0 Å². The molecule has 1 saturated heterocycles. The second-order valence-electron chi connectivity index (χ2n) is 7.81. The summed E-state index contributed by atoms with van der Waals surface area (Å²) in [6.45, 7) is 1.16. The lowest BCUT2D eigenvalue weighted by atomic mass is 10.1. The molecule has 1 atom stereocenters. The second-order valence-corrected chi connectivity index (χ2v) is 7.81. The number of ether oxygens (including phenoxy) is 2. The van der Waals surface area contributed by atoms with E-state index < -0.39 is 0 Å². The van der Waals surface area contributed by atoms with E-state index in [1.54, 1.807) is 11.1 Å². The van der Waals surface area contributed by atoms with E-state index in [-0.39, 0.29) is 12.0 Å². The van der Waals surface area contributed by atoms with E-state index in [1.807, 2.05) is 50.5 Å². The van der Waals surface area contributed by atoms with Crippen molar-refractivity contribution >= 4 is 34.0 Å². The van der Waals surface area contributed by atoms with Gasteiger partial charge >= 0.3 is 0 Å². The molecule has 1 amide bonds. The van der Waals surface area contributed by atoms with Crippen molar-refractivity contribution in [1.29, 1.82) is 0 Å². The van der Waals surface area contributed by atoms with Crippen LogP contribution in [0.5, 0.6) is 5.75 Å². The van der Waals surface area contributed by atoms with Gasteiger partial charge in [-0.15, -0.1) is 6.42 Å². The molecule has 0 aliphatic carbocycles. The number of aromatic nitrogens is 2. The third-order valence-electron chi connectivity index (χ3n) is 4.99. The average Bonchev–Trinajstić information content (AvgIpc) is 3.32. The van der Waals surface area contributed by atoms with Crippen LogP contribution in [0.3, 0.4) is 0 Å². The predicted molar refractivity (Wildman–Crippen MR) is 129 cm³/mol. The Morgan fingerprint density at radius 3 is 2.94 bits per heavy atom. The fraction of sp³-hybridized carbons (Fsp3) is 0.240. The summed E-state index contributed by atoms with van der Waals surface area (Å²) in [5, 5.41) is 6.93. The van der Waals surface area contributed by atoms with E-state index in [0.29, 0.717) is 36.0 Å². The quantitative estimate of drug-likeness (QED) is 0.427. The van der Waals surface area contributed by atoms with E-state index in [2.05, 4.69) is 26.5 Å². The number of carbonyl (C=O) groups is 1. The third kappa shape index (κ3) is 5.59. The number of hydrogen-bond donors (Lipinski definition) is 2.